The molecule has 4 nitrogen and oxygen atoms in total. The van der Waals surface area contributed by atoms with Crippen LogP contribution in [0.5, 0.6) is 0 Å². The van der Waals surface area contributed by atoms with Crippen LogP contribution in [-0.2, 0) is 0 Å². The van der Waals surface area contributed by atoms with Gasteiger partial charge in [-0.05, 0) is 24.6 Å². The zero-order valence-electron chi connectivity index (χ0n) is 9.69. The highest BCUT2D eigenvalue weighted by molar-refractivity contribution is 6.31. The number of rotatable bonds is 5. The van der Waals surface area contributed by atoms with Gasteiger partial charge in [-0.25, -0.2) is 0 Å². The van der Waals surface area contributed by atoms with Crippen molar-refractivity contribution in [1.29, 1.82) is 0 Å². The highest BCUT2D eigenvalue weighted by Crippen LogP contribution is 2.20. The number of aliphatic hydroxyl groups excluding tert-OH is 2. The van der Waals surface area contributed by atoms with Crippen LogP contribution in [0.1, 0.15) is 15.9 Å². The lowest BCUT2D eigenvalue weighted by atomic mass is 10.1. The molecule has 94 valence electrons. The van der Waals surface area contributed by atoms with Gasteiger partial charge in [-0.3, -0.25) is 4.79 Å². The van der Waals surface area contributed by atoms with Crippen molar-refractivity contribution in [3.8, 4) is 0 Å². The van der Waals surface area contributed by atoms with E-state index in [4.69, 9.17) is 21.8 Å². The maximum absolute atomic E-state index is 12.1. The number of benzene rings is 1. The second-order valence-electron chi connectivity index (χ2n) is 3.65. The molecule has 1 rings (SSSR count). The molecule has 0 aromatic heterocycles. The summed E-state index contributed by atoms with van der Waals surface area (Å²) < 4.78 is 0. The molecule has 0 fully saturated rings. The highest BCUT2D eigenvalue weighted by Gasteiger charge is 2.17. The number of hydrogen-bond acceptors (Lipinski definition) is 3. The summed E-state index contributed by atoms with van der Waals surface area (Å²) in [5.41, 5.74) is 1.21. The third kappa shape index (κ3) is 3.43. The Hall–Kier alpha value is -1.10. The van der Waals surface area contributed by atoms with Crippen LogP contribution >= 0.6 is 11.6 Å². The second-order valence-corrected chi connectivity index (χ2v) is 4.06. The van der Waals surface area contributed by atoms with Crippen LogP contribution in [0.15, 0.2) is 18.2 Å². The van der Waals surface area contributed by atoms with Gasteiger partial charge >= 0.3 is 0 Å². The molecule has 17 heavy (non-hydrogen) atoms. The topological polar surface area (TPSA) is 60.8 Å². The van der Waals surface area contributed by atoms with Crippen LogP contribution < -0.4 is 0 Å². The van der Waals surface area contributed by atoms with Crippen LogP contribution in [0.25, 0.3) is 0 Å². The molecule has 1 aromatic carbocycles. The normalized spacial score (nSPS) is 10.4. The van der Waals surface area contributed by atoms with E-state index in [9.17, 15) is 4.79 Å². The van der Waals surface area contributed by atoms with Crippen molar-refractivity contribution >= 4 is 17.5 Å². The Morgan fingerprint density at radius 3 is 2.41 bits per heavy atom. The van der Waals surface area contributed by atoms with Crippen molar-refractivity contribution in [2.75, 3.05) is 26.3 Å². The van der Waals surface area contributed by atoms with Gasteiger partial charge in [-0.2, -0.15) is 0 Å². The number of amides is 1. The Labute approximate surface area is 105 Å². The molecule has 0 unspecified atom stereocenters. The zero-order chi connectivity index (χ0) is 12.8. The second kappa shape index (κ2) is 6.59. The van der Waals surface area contributed by atoms with E-state index in [0.717, 1.165) is 0 Å². The maximum Gasteiger partial charge on any atom is 0.254 e. The first kappa shape index (κ1) is 14.0. The number of carbonyl (C=O) groups is 1. The molecule has 0 atom stereocenters. The summed E-state index contributed by atoms with van der Waals surface area (Å²) in [6, 6.07) is 5.11. The Kier molecular flexibility index (Phi) is 5.41. The molecule has 0 aliphatic rings. The van der Waals surface area contributed by atoms with Gasteiger partial charge in [0.1, 0.15) is 0 Å². The smallest absolute Gasteiger partial charge is 0.254 e. The fourth-order valence-corrected chi connectivity index (χ4v) is 1.74. The molecular weight excluding hydrogens is 242 g/mol. The predicted octanol–water partition coefficient (Wildman–Crippen LogP) is 1.08. The first-order valence-electron chi connectivity index (χ1n) is 5.38. The van der Waals surface area contributed by atoms with E-state index in [2.05, 4.69) is 0 Å². The predicted molar refractivity (Wildman–Crippen MR) is 66.3 cm³/mol. The van der Waals surface area contributed by atoms with E-state index in [1.807, 2.05) is 0 Å². The van der Waals surface area contributed by atoms with Crippen LogP contribution in [0.3, 0.4) is 0 Å². The summed E-state index contributed by atoms with van der Waals surface area (Å²) in [4.78, 5) is 13.5. The Bertz CT molecular complexity index is 389. The largest absolute Gasteiger partial charge is 0.395 e. The third-order valence-corrected chi connectivity index (χ3v) is 2.93. The van der Waals surface area contributed by atoms with E-state index in [1.165, 1.54) is 4.90 Å². The molecular formula is C12H16ClNO3. The SMILES string of the molecule is Cc1c(Cl)cccc1C(=O)N(CCO)CCO. The van der Waals surface area contributed by atoms with Crippen molar-refractivity contribution in [2.45, 2.75) is 6.92 Å². The summed E-state index contributed by atoms with van der Waals surface area (Å²) in [6.45, 7) is 1.90. The summed E-state index contributed by atoms with van der Waals surface area (Å²) in [7, 11) is 0. The third-order valence-electron chi connectivity index (χ3n) is 2.53. The Morgan fingerprint density at radius 1 is 1.29 bits per heavy atom. The molecule has 0 heterocycles. The fourth-order valence-electron chi connectivity index (χ4n) is 1.57. The van der Waals surface area contributed by atoms with Gasteiger partial charge in [-0.15, -0.1) is 0 Å². The van der Waals surface area contributed by atoms with E-state index in [0.29, 0.717) is 16.1 Å². The minimum absolute atomic E-state index is 0.134. The molecule has 0 aliphatic carbocycles. The molecule has 2 N–H and O–H groups in total. The van der Waals surface area contributed by atoms with Crippen LogP contribution in [0.2, 0.25) is 5.02 Å². The molecule has 0 saturated heterocycles. The average Bonchev–Trinajstić information content (AvgIpc) is 2.31. The quantitative estimate of drug-likeness (QED) is 0.830. The monoisotopic (exact) mass is 257 g/mol. The van der Waals surface area contributed by atoms with Crippen LogP contribution in [-0.4, -0.2) is 47.3 Å². The summed E-state index contributed by atoms with van der Waals surface area (Å²) >= 11 is 5.95. The average molecular weight is 258 g/mol. The van der Waals surface area contributed by atoms with Crippen molar-refractivity contribution < 1.29 is 15.0 Å². The molecule has 1 aromatic rings. The number of nitrogens with zero attached hydrogens (tertiary/aromatic N) is 1. The van der Waals surface area contributed by atoms with Gasteiger partial charge in [0.05, 0.1) is 13.2 Å². The molecule has 0 spiro atoms. The van der Waals surface area contributed by atoms with Gasteiger partial charge in [-0.1, -0.05) is 17.7 Å². The van der Waals surface area contributed by atoms with Crippen molar-refractivity contribution in [2.24, 2.45) is 0 Å². The Balaban J connectivity index is 2.96. The number of carbonyl (C=O) groups excluding carboxylic acids is 1. The number of halogens is 1. The first-order chi connectivity index (χ1) is 8.11. The van der Waals surface area contributed by atoms with Gasteiger partial charge in [0.2, 0.25) is 0 Å². The number of aliphatic hydroxyl groups is 2. The van der Waals surface area contributed by atoms with E-state index in [-0.39, 0.29) is 32.2 Å². The standard InChI is InChI=1S/C12H16ClNO3/c1-9-10(3-2-4-11(9)13)12(17)14(5-7-15)6-8-16/h2-4,15-16H,5-8H2,1H3. The highest BCUT2D eigenvalue weighted by atomic mass is 35.5. The first-order valence-corrected chi connectivity index (χ1v) is 5.75. The molecule has 1 amide bonds. The van der Waals surface area contributed by atoms with E-state index >= 15 is 0 Å². The van der Waals surface area contributed by atoms with Gasteiger partial charge in [0, 0.05) is 23.7 Å². The van der Waals surface area contributed by atoms with Crippen molar-refractivity contribution in [1.82, 2.24) is 4.90 Å². The van der Waals surface area contributed by atoms with Gasteiger partial charge in [0.15, 0.2) is 0 Å². The van der Waals surface area contributed by atoms with Crippen molar-refractivity contribution in [3.05, 3.63) is 34.3 Å². The van der Waals surface area contributed by atoms with E-state index in [1.54, 1.807) is 25.1 Å². The summed E-state index contributed by atoms with van der Waals surface area (Å²) in [5, 5.41) is 18.3. The lowest BCUT2D eigenvalue weighted by Crippen LogP contribution is -2.36. The summed E-state index contributed by atoms with van der Waals surface area (Å²) in [6.07, 6.45) is 0. The minimum atomic E-state index is -0.229. The maximum atomic E-state index is 12.1. The van der Waals surface area contributed by atoms with Crippen LogP contribution in [0, 0.1) is 6.92 Å². The van der Waals surface area contributed by atoms with Gasteiger partial charge < -0.3 is 15.1 Å². The molecule has 0 saturated carbocycles. The summed E-state index contributed by atoms with van der Waals surface area (Å²) in [5.74, 6) is -0.229. The fraction of sp³-hybridized carbons (Fsp3) is 0.417. The van der Waals surface area contributed by atoms with E-state index < -0.39 is 0 Å². The molecule has 5 heteroatoms. The van der Waals surface area contributed by atoms with Crippen molar-refractivity contribution in [3.63, 3.8) is 0 Å². The van der Waals surface area contributed by atoms with Gasteiger partial charge in [0.25, 0.3) is 5.91 Å². The lowest BCUT2D eigenvalue weighted by Gasteiger charge is -2.21. The molecule has 0 radical (unpaired) electrons. The lowest BCUT2D eigenvalue weighted by molar-refractivity contribution is 0.0684. The zero-order valence-corrected chi connectivity index (χ0v) is 10.4. The Morgan fingerprint density at radius 2 is 1.88 bits per heavy atom. The molecule has 0 bridgehead atoms. The minimum Gasteiger partial charge on any atom is -0.395 e. The molecule has 0 aliphatic heterocycles. The van der Waals surface area contributed by atoms with Crippen LogP contribution in [0.4, 0.5) is 0 Å². The number of hydrogen-bond donors (Lipinski definition) is 2.